The van der Waals surface area contributed by atoms with Crippen LogP contribution in [0.2, 0.25) is 0 Å². The van der Waals surface area contributed by atoms with E-state index < -0.39 is 11.2 Å². The van der Waals surface area contributed by atoms with Gasteiger partial charge in [0.05, 0.1) is 31.5 Å². The molecule has 15 heteroatoms. The highest BCUT2D eigenvalue weighted by Crippen LogP contribution is 2.22. The standard InChI is InChI=1S/C24H42N2O5.C22H40N2O4.CH2Cl2/c1-6-21(28)17-25-14-9-10-16-26(19(2)27)15-8-7-11-20(22(29)18-25)12-13-23(30)31-24(3,4)5;1-5-19(25)16-24-15-9-8-14-23-13-7-6-10-18(20(26)17-24)11-12-21(27)28-22(2,3)4;2-1-3/h20H,6-18H2,1-5H3;18,23H,5-17H2,1-4H3;1H2/t20-;18-;/m11./s1. The second-order valence-corrected chi connectivity index (χ2v) is 19.4. The largest absolute Gasteiger partial charge is 0.460 e. The van der Waals surface area contributed by atoms with E-state index in [2.05, 4.69) is 5.32 Å². The number of rotatable bonds is 12. The first-order valence-electron chi connectivity index (χ1n) is 23.2. The molecule has 0 bridgehead atoms. The summed E-state index contributed by atoms with van der Waals surface area (Å²) in [5.74, 6) is -0.314. The Morgan fingerprint density at radius 3 is 1.35 bits per heavy atom. The summed E-state index contributed by atoms with van der Waals surface area (Å²) in [6.07, 6.45) is 11.2. The van der Waals surface area contributed by atoms with Gasteiger partial charge in [0.1, 0.15) is 34.3 Å². The maximum Gasteiger partial charge on any atom is 0.306 e. The van der Waals surface area contributed by atoms with E-state index in [-0.39, 0.29) is 84.1 Å². The Balaban J connectivity index is 0.00000113. The van der Waals surface area contributed by atoms with Crippen LogP contribution in [0, 0.1) is 11.8 Å². The van der Waals surface area contributed by atoms with Crippen LogP contribution in [0.15, 0.2) is 0 Å². The Morgan fingerprint density at radius 1 is 0.613 bits per heavy atom. The van der Waals surface area contributed by atoms with Crippen LogP contribution in [-0.4, -0.2) is 138 Å². The molecular formula is C47H84Cl2N4O9. The summed E-state index contributed by atoms with van der Waals surface area (Å²) in [5, 5.41) is 3.64. The van der Waals surface area contributed by atoms with E-state index in [9.17, 15) is 33.6 Å². The lowest BCUT2D eigenvalue weighted by molar-refractivity contribution is -0.156. The van der Waals surface area contributed by atoms with E-state index in [0.29, 0.717) is 64.8 Å². The number of alkyl halides is 2. The number of hydrogen-bond acceptors (Lipinski definition) is 12. The summed E-state index contributed by atoms with van der Waals surface area (Å²) in [5.41, 5.74) is -1.05. The lowest BCUT2D eigenvalue weighted by Gasteiger charge is -2.24. The third-order valence-corrected chi connectivity index (χ3v) is 10.6. The molecule has 0 unspecified atom stereocenters. The highest BCUT2D eigenvalue weighted by Gasteiger charge is 2.27. The van der Waals surface area contributed by atoms with Gasteiger partial charge in [0.2, 0.25) is 5.91 Å². The van der Waals surface area contributed by atoms with Crippen LogP contribution in [-0.2, 0) is 43.0 Å². The van der Waals surface area contributed by atoms with Gasteiger partial charge in [-0.15, -0.1) is 23.2 Å². The first-order chi connectivity index (χ1) is 29.1. The van der Waals surface area contributed by atoms with Crippen molar-refractivity contribution < 1.29 is 43.0 Å². The Morgan fingerprint density at radius 2 is 0.968 bits per heavy atom. The van der Waals surface area contributed by atoms with Gasteiger partial charge in [0, 0.05) is 57.5 Å². The summed E-state index contributed by atoms with van der Waals surface area (Å²) in [4.78, 5) is 92.0. The van der Waals surface area contributed by atoms with Gasteiger partial charge >= 0.3 is 11.9 Å². The molecule has 13 nitrogen and oxygen atoms in total. The van der Waals surface area contributed by atoms with Crippen LogP contribution in [0.4, 0.5) is 0 Å². The SMILES string of the molecule is CCC(=O)CN1CCCCN(C(C)=O)CCCC[C@H](CCC(=O)OC(C)(C)C)C(=O)C1.CCC(=O)CN1CCCCNCCCC[C@H](CCC(=O)OC(C)(C)C)C(=O)C1.ClCCl. The number of carbonyl (C=O) groups excluding carboxylic acids is 7. The van der Waals surface area contributed by atoms with E-state index in [1.54, 1.807) is 6.92 Å². The first-order valence-corrected chi connectivity index (χ1v) is 24.3. The molecule has 0 aromatic rings. The van der Waals surface area contributed by atoms with Crippen LogP contribution >= 0.6 is 23.2 Å². The third-order valence-electron chi connectivity index (χ3n) is 10.6. The van der Waals surface area contributed by atoms with E-state index >= 15 is 0 Å². The van der Waals surface area contributed by atoms with Crippen molar-refractivity contribution >= 4 is 64.2 Å². The fourth-order valence-electron chi connectivity index (χ4n) is 7.26. The van der Waals surface area contributed by atoms with E-state index in [1.807, 2.05) is 70.1 Å². The Bertz CT molecular complexity index is 1340. The number of nitrogens with zero attached hydrogens (tertiary/aromatic N) is 3. The first kappa shape index (κ1) is 59.5. The molecule has 2 aliphatic heterocycles. The average molecular weight is 920 g/mol. The number of Topliss-reactive ketones (excluding diaryl/α,β-unsaturated/α-hetero) is 4. The van der Waals surface area contributed by atoms with Gasteiger partial charge in [-0.25, -0.2) is 0 Å². The topological polar surface area (TPSA) is 160 Å². The van der Waals surface area contributed by atoms with Crippen LogP contribution in [0.1, 0.15) is 165 Å². The number of ether oxygens (including phenoxy) is 2. The molecule has 62 heavy (non-hydrogen) atoms. The molecule has 0 aromatic carbocycles. The van der Waals surface area contributed by atoms with Crippen molar-refractivity contribution in [3.05, 3.63) is 0 Å². The highest BCUT2D eigenvalue weighted by atomic mass is 35.5. The van der Waals surface area contributed by atoms with Gasteiger partial charge < -0.3 is 19.7 Å². The van der Waals surface area contributed by atoms with E-state index in [1.165, 1.54) is 0 Å². The quantitative estimate of drug-likeness (QED) is 0.149. The minimum absolute atomic E-state index is 0.0745. The van der Waals surface area contributed by atoms with E-state index in [0.717, 1.165) is 77.4 Å². The summed E-state index contributed by atoms with van der Waals surface area (Å²) in [6, 6.07) is 0. The van der Waals surface area contributed by atoms with Crippen molar-refractivity contribution in [3.63, 3.8) is 0 Å². The van der Waals surface area contributed by atoms with Crippen molar-refractivity contribution in [1.82, 2.24) is 20.0 Å². The lowest BCUT2D eigenvalue weighted by Crippen LogP contribution is -2.38. The van der Waals surface area contributed by atoms with Gasteiger partial charge in [0.15, 0.2) is 0 Å². The fraction of sp³-hybridized carbons (Fsp3) is 0.851. The summed E-state index contributed by atoms with van der Waals surface area (Å²) in [7, 11) is 0. The van der Waals surface area contributed by atoms with Gasteiger partial charge in [-0.3, -0.25) is 43.4 Å². The number of nitrogens with one attached hydrogen (secondary N) is 1. The molecule has 1 amide bonds. The smallest absolute Gasteiger partial charge is 0.306 e. The van der Waals surface area contributed by atoms with Crippen molar-refractivity contribution in [2.45, 2.75) is 176 Å². The predicted molar refractivity (Wildman–Crippen MR) is 248 cm³/mol. The maximum absolute atomic E-state index is 13.1. The van der Waals surface area contributed by atoms with Crippen LogP contribution in [0.5, 0.6) is 0 Å². The van der Waals surface area contributed by atoms with Crippen LogP contribution in [0.25, 0.3) is 0 Å². The zero-order valence-electron chi connectivity index (χ0n) is 40.0. The molecule has 0 radical (unpaired) electrons. The van der Waals surface area contributed by atoms with Gasteiger partial charge in [0.25, 0.3) is 0 Å². The predicted octanol–water partition coefficient (Wildman–Crippen LogP) is 7.94. The Labute approximate surface area is 384 Å². The molecule has 0 saturated carbocycles. The number of carbonyl (C=O) groups is 7. The molecule has 2 rings (SSSR count). The highest BCUT2D eigenvalue weighted by molar-refractivity contribution is 6.40. The molecule has 360 valence electrons. The third kappa shape index (κ3) is 32.2. The zero-order chi connectivity index (χ0) is 47.1. The maximum atomic E-state index is 13.1. The Kier molecular flexibility index (Phi) is 32.6. The van der Waals surface area contributed by atoms with Crippen LogP contribution < -0.4 is 5.32 Å². The Hall–Kier alpha value is -2.45. The molecule has 2 heterocycles. The number of halogens is 2. The number of amides is 1. The second-order valence-electron chi connectivity index (χ2n) is 18.5. The molecule has 0 aliphatic carbocycles. The second kappa shape index (κ2) is 34.0. The molecule has 2 aliphatic rings. The van der Waals surface area contributed by atoms with Gasteiger partial charge in [-0.05, 0) is 132 Å². The minimum atomic E-state index is -0.542. The number of ketones is 4. The molecule has 2 atom stereocenters. The molecule has 2 fully saturated rings. The summed E-state index contributed by atoms with van der Waals surface area (Å²) < 4.78 is 10.8. The molecule has 2 saturated heterocycles. The van der Waals surface area contributed by atoms with Crippen molar-refractivity contribution in [3.8, 4) is 0 Å². The van der Waals surface area contributed by atoms with Gasteiger partial charge in [-0.2, -0.15) is 0 Å². The van der Waals surface area contributed by atoms with E-state index in [4.69, 9.17) is 32.7 Å². The molecule has 0 aromatic heterocycles. The summed E-state index contributed by atoms with van der Waals surface area (Å²) >= 11 is 9.53. The summed E-state index contributed by atoms with van der Waals surface area (Å²) in [6.45, 7) is 22.3. The van der Waals surface area contributed by atoms with Crippen LogP contribution in [0.3, 0.4) is 0 Å². The zero-order valence-corrected chi connectivity index (χ0v) is 41.5. The average Bonchev–Trinajstić information content (AvgIpc) is 3.19. The number of esters is 2. The number of hydrogen-bond donors (Lipinski definition) is 1. The molecular weight excluding hydrogens is 835 g/mol. The monoisotopic (exact) mass is 919 g/mol. The molecule has 1 N–H and O–H groups in total. The lowest BCUT2D eigenvalue weighted by atomic mass is 9.91. The minimum Gasteiger partial charge on any atom is -0.460 e. The van der Waals surface area contributed by atoms with Crippen molar-refractivity contribution in [2.24, 2.45) is 11.8 Å². The van der Waals surface area contributed by atoms with Crippen molar-refractivity contribution in [2.75, 3.05) is 70.8 Å². The molecule has 0 spiro atoms. The van der Waals surface area contributed by atoms with Crippen molar-refractivity contribution in [1.29, 1.82) is 0 Å². The fourth-order valence-corrected chi connectivity index (χ4v) is 7.26. The normalized spacial score (nSPS) is 20.1. The van der Waals surface area contributed by atoms with Gasteiger partial charge in [-0.1, -0.05) is 26.7 Å².